The molecule has 0 saturated heterocycles. The van der Waals surface area contributed by atoms with Gasteiger partial charge in [0.25, 0.3) is 0 Å². The first kappa shape index (κ1) is 49.9. The molecule has 1 atom stereocenters. The van der Waals surface area contributed by atoms with Crippen LogP contribution in [0.4, 0.5) is 70.2 Å². The van der Waals surface area contributed by atoms with E-state index in [-0.39, 0.29) is 11.0 Å². The quantitative estimate of drug-likeness (QED) is 0.0339. The van der Waals surface area contributed by atoms with Crippen molar-refractivity contribution < 1.29 is 118 Å². The molecule has 51 heavy (non-hydrogen) atoms. The van der Waals surface area contributed by atoms with Crippen LogP contribution in [0.5, 0.6) is 0 Å². The van der Waals surface area contributed by atoms with Gasteiger partial charge < -0.3 is 29.1 Å². The predicted octanol–water partition coefficient (Wildman–Crippen LogP) is 3.14. The number of hydroxylamine groups is 1. The van der Waals surface area contributed by atoms with Crippen LogP contribution in [0.15, 0.2) is 0 Å². The Morgan fingerprint density at radius 2 is 0.902 bits per heavy atom. The molecule has 0 amide bonds. The second-order valence-corrected chi connectivity index (χ2v) is 13.4. The van der Waals surface area contributed by atoms with E-state index in [1.807, 2.05) is 5.48 Å². The zero-order valence-corrected chi connectivity index (χ0v) is 27.7. The SMILES string of the molecule is CC(CO)(CO)NOCCOCC(F)(F)C(F)(F)C(F)(F)C(F)(F)C(F)(F)C(F)(F)C(F)(F)C(F)(F)COCCO[P+]([O-])(O)OCC[N+](C)(C)C. The highest BCUT2D eigenvalue weighted by Crippen LogP contribution is 2.63. The van der Waals surface area contributed by atoms with Crippen LogP contribution in [-0.2, 0) is 23.4 Å². The lowest BCUT2D eigenvalue weighted by atomic mass is 9.88. The van der Waals surface area contributed by atoms with Gasteiger partial charge in [-0.15, -0.1) is 0 Å². The Bertz CT molecular complexity index is 1080. The normalized spacial score (nSPS) is 16.5. The van der Waals surface area contributed by atoms with Gasteiger partial charge in [0.15, 0.2) is 0 Å². The topological polar surface area (TPSA) is 142 Å². The lowest BCUT2D eigenvalue weighted by Gasteiger charge is -2.43. The highest BCUT2D eigenvalue weighted by molar-refractivity contribution is 7.52. The molecule has 308 valence electrons. The van der Waals surface area contributed by atoms with E-state index in [9.17, 15) is 80.0 Å². The number of nitrogens with one attached hydrogen (secondary N) is 1. The Morgan fingerprint density at radius 1 is 0.569 bits per heavy atom. The van der Waals surface area contributed by atoms with E-state index < -0.39 is 121 Å². The van der Waals surface area contributed by atoms with Crippen molar-refractivity contribution >= 4 is 8.17 Å². The van der Waals surface area contributed by atoms with E-state index in [0.717, 1.165) is 6.92 Å². The minimum Gasteiger partial charge on any atom is -0.606 e. The van der Waals surface area contributed by atoms with Gasteiger partial charge in [-0.25, -0.2) is 0 Å². The number of aliphatic hydroxyl groups is 2. The van der Waals surface area contributed by atoms with Crippen molar-refractivity contribution in [3.63, 3.8) is 0 Å². The Balaban J connectivity index is 5.77. The summed E-state index contributed by atoms with van der Waals surface area (Å²) in [6, 6.07) is 0. The van der Waals surface area contributed by atoms with Crippen molar-refractivity contribution in [1.82, 2.24) is 5.48 Å². The van der Waals surface area contributed by atoms with E-state index in [0.29, 0.717) is 0 Å². The average Bonchev–Trinajstić information content (AvgIpc) is 2.96. The molecule has 4 N–H and O–H groups in total. The number of phosphoric acid groups is 1. The third-order valence-corrected chi connectivity index (χ3v) is 7.32. The van der Waals surface area contributed by atoms with Crippen LogP contribution in [-0.4, -0.2) is 160 Å². The van der Waals surface area contributed by atoms with Gasteiger partial charge in [0.05, 0.1) is 59.7 Å². The third-order valence-electron chi connectivity index (χ3n) is 6.30. The molecule has 0 radical (unpaired) electrons. The van der Waals surface area contributed by atoms with Gasteiger partial charge in [-0.2, -0.15) is 89.7 Å². The van der Waals surface area contributed by atoms with Crippen LogP contribution >= 0.6 is 8.17 Å². The first-order valence-electron chi connectivity index (χ1n) is 13.7. The number of alkyl halides is 16. The summed E-state index contributed by atoms with van der Waals surface area (Å²) in [4.78, 5) is 25.5. The molecule has 0 aromatic rings. The number of hydrogen-bond donors (Lipinski definition) is 4. The molecule has 0 heterocycles. The molecule has 28 heteroatoms. The van der Waals surface area contributed by atoms with E-state index in [2.05, 4.69) is 23.4 Å². The number of hydrogen-bond acceptors (Lipinski definition) is 10. The van der Waals surface area contributed by atoms with Crippen LogP contribution in [0.25, 0.3) is 0 Å². The first-order chi connectivity index (χ1) is 22.5. The average molecular weight is 819 g/mol. The van der Waals surface area contributed by atoms with Crippen LogP contribution in [0.3, 0.4) is 0 Å². The fourth-order valence-corrected chi connectivity index (χ4v) is 3.64. The maximum absolute atomic E-state index is 14.1. The van der Waals surface area contributed by atoms with Crippen LogP contribution in [0, 0.1) is 0 Å². The maximum Gasteiger partial charge on any atom is 0.385 e. The van der Waals surface area contributed by atoms with Crippen molar-refractivity contribution in [2.24, 2.45) is 0 Å². The van der Waals surface area contributed by atoms with Gasteiger partial charge in [-0.05, 0) is 6.92 Å². The Labute approximate surface area is 279 Å². The summed E-state index contributed by atoms with van der Waals surface area (Å²) in [6.07, 6.45) is 0. The van der Waals surface area contributed by atoms with Gasteiger partial charge in [-0.3, -0.25) is 4.84 Å². The number of quaternary nitrogens is 1. The van der Waals surface area contributed by atoms with Gasteiger partial charge in [0.2, 0.25) is 0 Å². The van der Waals surface area contributed by atoms with E-state index in [4.69, 9.17) is 10.2 Å². The molecule has 0 aliphatic rings. The third kappa shape index (κ3) is 11.4. The largest absolute Gasteiger partial charge is 0.606 e. The lowest BCUT2D eigenvalue weighted by molar-refractivity contribution is -0.870. The Hall–Kier alpha value is -1.13. The van der Waals surface area contributed by atoms with Gasteiger partial charge in [0.1, 0.15) is 33.0 Å². The lowest BCUT2D eigenvalue weighted by Crippen LogP contribution is -2.75. The maximum atomic E-state index is 14.1. The predicted molar refractivity (Wildman–Crippen MR) is 137 cm³/mol. The highest BCUT2D eigenvalue weighted by Gasteiger charge is 2.94. The van der Waals surface area contributed by atoms with Crippen LogP contribution in [0.1, 0.15) is 6.92 Å². The van der Waals surface area contributed by atoms with E-state index >= 15 is 0 Å². The molecule has 0 bridgehead atoms. The number of aliphatic hydroxyl groups excluding tert-OH is 2. The molecule has 0 aliphatic carbocycles. The summed E-state index contributed by atoms with van der Waals surface area (Å²) < 4.78 is 241. The molecule has 1 unspecified atom stereocenters. The zero-order chi connectivity index (χ0) is 40.8. The molecule has 0 aromatic heterocycles. The van der Waals surface area contributed by atoms with Crippen molar-refractivity contribution in [2.45, 2.75) is 59.8 Å². The van der Waals surface area contributed by atoms with E-state index in [1.165, 1.54) is 0 Å². The molecule has 0 aliphatic heterocycles. The molecular weight excluding hydrogens is 783 g/mol. The molecule has 11 nitrogen and oxygen atoms in total. The standard InChI is InChI=1S/C23H35F16N2O9P/c1-15(11-42,12-43)40-48-9-7-46-13-16(24,25)18(28,29)20(32,33)22(36,37)23(38,39)21(34,35)19(30,31)17(26,27)14-47-8-10-50-51(44,45)49-6-5-41(2,3)4/h40,42-43H,5-14H2,1-4H3/p+1. The van der Waals surface area contributed by atoms with Crippen molar-refractivity contribution in [3.05, 3.63) is 0 Å². The van der Waals surface area contributed by atoms with Crippen LogP contribution in [0.2, 0.25) is 0 Å². The first-order valence-corrected chi connectivity index (χ1v) is 15.2. The smallest absolute Gasteiger partial charge is 0.385 e. The van der Waals surface area contributed by atoms with E-state index in [1.54, 1.807) is 21.1 Å². The molecule has 0 spiro atoms. The minimum absolute atomic E-state index is 0.0954. The minimum atomic E-state index is -8.64. The number of phosphoric ester groups is 1. The summed E-state index contributed by atoms with van der Waals surface area (Å²) >= 11 is 0. The molecular formula is C23H36F16N2O9P+. The van der Waals surface area contributed by atoms with Crippen molar-refractivity contribution in [1.29, 1.82) is 0 Å². The summed E-state index contributed by atoms with van der Waals surface area (Å²) in [5, 5.41) is 17.9. The van der Waals surface area contributed by atoms with Gasteiger partial charge >= 0.3 is 55.6 Å². The number of ether oxygens (including phenoxy) is 2. The summed E-state index contributed by atoms with van der Waals surface area (Å²) in [5.41, 5.74) is 0.323. The fraction of sp³-hybridized carbons (Fsp3) is 1.00. The fourth-order valence-electron chi connectivity index (χ4n) is 2.95. The van der Waals surface area contributed by atoms with Gasteiger partial charge in [0, 0.05) is 0 Å². The molecule has 0 aromatic carbocycles. The molecule has 0 fully saturated rings. The van der Waals surface area contributed by atoms with Crippen LogP contribution < -0.4 is 10.4 Å². The van der Waals surface area contributed by atoms with Gasteiger partial charge in [-0.1, -0.05) is 0 Å². The Kier molecular flexibility index (Phi) is 16.7. The molecule has 0 saturated carbocycles. The monoisotopic (exact) mass is 819 g/mol. The second kappa shape index (κ2) is 17.1. The number of nitrogens with zero attached hydrogens (tertiary/aromatic N) is 1. The number of halogens is 16. The summed E-state index contributed by atoms with van der Waals surface area (Å²) in [6.45, 7) is -12.2. The number of likely N-dealkylation sites (N-methyl/N-ethyl adjacent to an activating group) is 1. The zero-order valence-electron chi connectivity index (χ0n) is 26.8. The molecule has 0 rings (SSSR count). The number of rotatable bonds is 26. The highest BCUT2D eigenvalue weighted by atomic mass is 31.2. The second-order valence-electron chi connectivity index (χ2n) is 11.9. The summed E-state index contributed by atoms with van der Waals surface area (Å²) in [7, 11) is -0.121. The van der Waals surface area contributed by atoms with Crippen molar-refractivity contribution in [3.8, 4) is 0 Å². The Morgan fingerprint density at radius 3 is 1.25 bits per heavy atom. The summed E-state index contributed by atoms with van der Waals surface area (Å²) in [5.74, 6) is -63.2. The van der Waals surface area contributed by atoms with Crippen molar-refractivity contribution in [2.75, 3.05) is 87.1 Å².